The van der Waals surface area contributed by atoms with Crippen LogP contribution in [0.25, 0.3) is 6.08 Å². The lowest BCUT2D eigenvalue weighted by molar-refractivity contribution is -0.127. The number of hydrogen-bond donors (Lipinski definition) is 1. The molecule has 7 nitrogen and oxygen atoms in total. The number of hydrogen-bond acceptors (Lipinski definition) is 6. The molecular formula is C20H17ClN2O5S. The van der Waals surface area contributed by atoms with Gasteiger partial charge in [-0.05, 0) is 41.6 Å². The van der Waals surface area contributed by atoms with Crippen molar-refractivity contribution in [2.24, 2.45) is 0 Å². The van der Waals surface area contributed by atoms with Crippen molar-refractivity contribution >= 4 is 52.2 Å². The minimum Gasteiger partial charge on any atom is -0.493 e. The number of rotatable bonds is 6. The summed E-state index contributed by atoms with van der Waals surface area (Å²) in [5.74, 6) is -0.150. The highest BCUT2D eigenvalue weighted by Crippen LogP contribution is 2.37. The summed E-state index contributed by atoms with van der Waals surface area (Å²) in [6.45, 7) is -0.378. The topological polar surface area (TPSA) is 84.9 Å². The van der Waals surface area contributed by atoms with Crippen molar-refractivity contribution in [1.82, 2.24) is 4.90 Å². The zero-order chi connectivity index (χ0) is 21.0. The second kappa shape index (κ2) is 9.02. The predicted molar refractivity (Wildman–Crippen MR) is 112 cm³/mol. The second-order valence-corrected chi connectivity index (χ2v) is 7.31. The number of thioether (sulfide) groups is 1. The number of carbonyl (C=O) groups excluding carboxylic acids is 3. The highest BCUT2D eigenvalue weighted by atomic mass is 35.5. The van der Waals surface area contributed by atoms with Crippen LogP contribution in [0.4, 0.5) is 10.5 Å². The van der Waals surface area contributed by atoms with E-state index >= 15 is 0 Å². The molecule has 3 amide bonds. The fourth-order valence-corrected chi connectivity index (χ4v) is 3.66. The summed E-state index contributed by atoms with van der Waals surface area (Å²) >= 11 is 6.99. The Labute approximate surface area is 176 Å². The van der Waals surface area contributed by atoms with E-state index in [1.165, 1.54) is 20.3 Å². The number of imide groups is 1. The summed E-state index contributed by atoms with van der Waals surface area (Å²) < 4.78 is 10.4. The van der Waals surface area contributed by atoms with Gasteiger partial charge in [-0.2, -0.15) is 0 Å². The summed E-state index contributed by atoms with van der Waals surface area (Å²) in [4.78, 5) is 38.1. The van der Waals surface area contributed by atoms with Crippen LogP contribution in [-0.4, -0.2) is 42.7 Å². The number of anilines is 1. The number of ether oxygens (including phenoxy) is 2. The van der Waals surface area contributed by atoms with Crippen LogP contribution in [-0.2, 0) is 9.59 Å². The van der Waals surface area contributed by atoms with Gasteiger partial charge in [0.1, 0.15) is 6.54 Å². The van der Waals surface area contributed by atoms with Gasteiger partial charge in [-0.25, -0.2) is 0 Å². The molecule has 29 heavy (non-hydrogen) atoms. The Morgan fingerprint density at radius 2 is 1.79 bits per heavy atom. The van der Waals surface area contributed by atoms with E-state index in [2.05, 4.69) is 5.32 Å². The van der Waals surface area contributed by atoms with Crippen molar-refractivity contribution in [1.29, 1.82) is 0 Å². The lowest BCUT2D eigenvalue weighted by atomic mass is 10.1. The largest absolute Gasteiger partial charge is 0.493 e. The lowest BCUT2D eigenvalue weighted by Gasteiger charge is -2.12. The number of halogens is 1. The fraction of sp³-hybridized carbons (Fsp3) is 0.150. The van der Waals surface area contributed by atoms with Crippen molar-refractivity contribution in [2.75, 3.05) is 26.1 Å². The van der Waals surface area contributed by atoms with E-state index < -0.39 is 17.1 Å². The first-order valence-corrected chi connectivity index (χ1v) is 9.64. The monoisotopic (exact) mass is 432 g/mol. The highest BCUT2D eigenvalue weighted by molar-refractivity contribution is 8.18. The quantitative estimate of drug-likeness (QED) is 0.693. The van der Waals surface area contributed by atoms with Crippen LogP contribution in [0.5, 0.6) is 11.5 Å². The standard InChI is InChI=1S/C20H17ClN2O5S/c1-27-15-8-12(14(21)10-16(15)28-2)9-17-19(25)23(20(26)29-17)11-18(24)22-13-6-4-3-5-7-13/h3-10H,11H2,1-2H3,(H,22,24)/b17-9-. The smallest absolute Gasteiger partial charge is 0.294 e. The van der Waals surface area contributed by atoms with Crippen LogP contribution in [0.2, 0.25) is 5.02 Å². The molecule has 0 aromatic heterocycles. The minimum atomic E-state index is -0.561. The molecule has 0 radical (unpaired) electrons. The number of amides is 3. The normalized spacial score (nSPS) is 15.0. The van der Waals surface area contributed by atoms with Gasteiger partial charge in [0.25, 0.3) is 11.1 Å². The zero-order valence-corrected chi connectivity index (χ0v) is 17.2. The molecule has 9 heteroatoms. The molecule has 1 aliphatic rings. The van der Waals surface area contributed by atoms with Crippen molar-refractivity contribution < 1.29 is 23.9 Å². The third-order valence-corrected chi connectivity index (χ3v) is 5.26. The molecule has 3 rings (SSSR count). The molecule has 1 saturated heterocycles. The average Bonchev–Trinajstić information content (AvgIpc) is 2.97. The first-order chi connectivity index (χ1) is 13.9. The summed E-state index contributed by atoms with van der Waals surface area (Å²) in [5.41, 5.74) is 1.07. The molecule has 2 aromatic carbocycles. The summed E-state index contributed by atoms with van der Waals surface area (Å²) in [7, 11) is 2.97. The van der Waals surface area contributed by atoms with Crippen LogP contribution in [0, 0.1) is 0 Å². The zero-order valence-electron chi connectivity index (χ0n) is 15.6. The van der Waals surface area contributed by atoms with Crippen LogP contribution < -0.4 is 14.8 Å². The van der Waals surface area contributed by atoms with Gasteiger partial charge in [0.15, 0.2) is 11.5 Å². The molecular weight excluding hydrogens is 416 g/mol. The van der Waals surface area contributed by atoms with Crippen LogP contribution in [0.1, 0.15) is 5.56 Å². The number of para-hydroxylation sites is 1. The Balaban J connectivity index is 1.77. The maximum absolute atomic E-state index is 12.6. The molecule has 2 aromatic rings. The minimum absolute atomic E-state index is 0.164. The maximum atomic E-state index is 12.6. The lowest BCUT2D eigenvalue weighted by Crippen LogP contribution is -2.36. The van der Waals surface area contributed by atoms with Gasteiger partial charge in [-0.3, -0.25) is 19.3 Å². The fourth-order valence-electron chi connectivity index (χ4n) is 2.62. The van der Waals surface area contributed by atoms with Crippen LogP contribution in [0.3, 0.4) is 0 Å². The summed E-state index contributed by atoms with van der Waals surface area (Å²) in [6.07, 6.45) is 1.49. The van der Waals surface area contributed by atoms with Gasteiger partial charge in [-0.15, -0.1) is 0 Å². The van der Waals surface area contributed by atoms with E-state index in [0.717, 1.165) is 16.7 Å². The van der Waals surface area contributed by atoms with E-state index in [1.807, 2.05) is 6.07 Å². The van der Waals surface area contributed by atoms with E-state index in [4.69, 9.17) is 21.1 Å². The molecule has 1 fully saturated rings. The van der Waals surface area contributed by atoms with Crippen LogP contribution in [0.15, 0.2) is 47.4 Å². The summed E-state index contributed by atoms with van der Waals surface area (Å²) in [6, 6.07) is 11.9. The average molecular weight is 433 g/mol. The van der Waals surface area contributed by atoms with Gasteiger partial charge in [0.05, 0.1) is 24.1 Å². The van der Waals surface area contributed by atoms with Crippen molar-refractivity contribution in [3.8, 4) is 11.5 Å². The Hall–Kier alpha value is -2.97. The number of benzene rings is 2. The van der Waals surface area contributed by atoms with E-state index in [0.29, 0.717) is 27.8 Å². The molecule has 1 aliphatic heterocycles. The maximum Gasteiger partial charge on any atom is 0.294 e. The van der Waals surface area contributed by atoms with E-state index in [1.54, 1.807) is 36.4 Å². The van der Waals surface area contributed by atoms with Crippen molar-refractivity contribution in [3.63, 3.8) is 0 Å². The van der Waals surface area contributed by atoms with E-state index in [-0.39, 0.29) is 11.4 Å². The Morgan fingerprint density at radius 3 is 2.45 bits per heavy atom. The van der Waals surface area contributed by atoms with Gasteiger partial charge in [0, 0.05) is 11.8 Å². The molecule has 0 atom stereocenters. The molecule has 0 bridgehead atoms. The summed E-state index contributed by atoms with van der Waals surface area (Å²) in [5, 5.41) is 2.45. The van der Waals surface area contributed by atoms with Gasteiger partial charge in [-0.1, -0.05) is 29.8 Å². The van der Waals surface area contributed by atoms with Gasteiger partial charge >= 0.3 is 0 Å². The molecule has 0 aliphatic carbocycles. The molecule has 150 valence electrons. The number of nitrogens with one attached hydrogen (secondary N) is 1. The highest BCUT2D eigenvalue weighted by Gasteiger charge is 2.36. The Bertz CT molecular complexity index is 994. The number of nitrogens with zero attached hydrogens (tertiary/aromatic N) is 1. The Morgan fingerprint density at radius 1 is 1.14 bits per heavy atom. The molecule has 0 unspecified atom stereocenters. The van der Waals surface area contributed by atoms with Crippen LogP contribution >= 0.6 is 23.4 Å². The first-order valence-electron chi connectivity index (χ1n) is 8.44. The third-order valence-electron chi connectivity index (χ3n) is 4.02. The molecule has 1 heterocycles. The predicted octanol–water partition coefficient (Wildman–Crippen LogP) is 4.03. The Kier molecular flexibility index (Phi) is 6.46. The first kappa shape index (κ1) is 20.8. The number of methoxy groups -OCH3 is 2. The molecule has 0 saturated carbocycles. The van der Waals surface area contributed by atoms with Crippen molar-refractivity contribution in [2.45, 2.75) is 0 Å². The number of carbonyl (C=O) groups is 3. The second-order valence-electron chi connectivity index (χ2n) is 5.91. The van der Waals surface area contributed by atoms with Gasteiger partial charge < -0.3 is 14.8 Å². The SMILES string of the molecule is COc1cc(Cl)c(/C=C2\SC(=O)N(CC(=O)Nc3ccccc3)C2=O)cc1OC. The van der Waals surface area contributed by atoms with Crippen molar-refractivity contribution in [3.05, 3.63) is 58.0 Å². The van der Waals surface area contributed by atoms with E-state index in [9.17, 15) is 14.4 Å². The third kappa shape index (κ3) is 4.72. The van der Waals surface area contributed by atoms with Gasteiger partial charge in [0.2, 0.25) is 5.91 Å². The molecule has 0 spiro atoms. The molecule has 1 N–H and O–H groups in total.